The van der Waals surface area contributed by atoms with Crippen LogP contribution in [0.2, 0.25) is 10.0 Å². The molecule has 7 heteroatoms. The first-order valence-corrected chi connectivity index (χ1v) is 5.74. The average Bonchev–Trinajstić information content (AvgIpc) is 2.74. The SMILES string of the molecule is COC(=O)c1c(Cl)cc(-n2cnc(C)n2)cc1Cl. The number of nitrogens with zero attached hydrogens (tertiary/aromatic N) is 3. The third-order valence-electron chi connectivity index (χ3n) is 2.29. The van der Waals surface area contributed by atoms with Gasteiger partial charge >= 0.3 is 5.97 Å². The molecule has 2 rings (SSSR count). The number of benzene rings is 1. The Hall–Kier alpha value is -1.59. The molecule has 0 atom stereocenters. The minimum atomic E-state index is -0.577. The fourth-order valence-corrected chi connectivity index (χ4v) is 2.09. The van der Waals surface area contributed by atoms with Gasteiger partial charge in [-0.3, -0.25) is 0 Å². The molecule has 0 unspecified atom stereocenters. The largest absolute Gasteiger partial charge is 0.465 e. The van der Waals surface area contributed by atoms with Gasteiger partial charge in [0.25, 0.3) is 0 Å². The highest BCUT2D eigenvalue weighted by Crippen LogP contribution is 2.28. The van der Waals surface area contributed by atoms with E-state index in [0.29, 0.717) is 11.5 Å². The molecule has 0 aliphatic heterocycles. The lowest BCUT2D eigenvalue weighted by Crippen LogP contribution is -2.05. The van der Waals surface area contributed by atoms with Crippen LogP contribution in [0.25, 0.3) is 5.69 Å². The first-order chi connectivity index (χ1) is 8.52. The predicted octanol–water partition coefficient (Wildman–Crippen LogP) is 2.67. The molecule has 1 heterocycles. The highest BCUT2D eigenvalue weighted by Gasteiger charge is 2.17. The van der Waals surface area contributed by atoms with Crippen LogP contribution in [-0.4, -0.2) is 27.8 Å². The number of ether oxygens (including phenoxy) is 1. The lowest BCUT2D eigenvalue weighted by atomic mass is 10.2. The quantitative estimate of drug-likeness (QED) is 0.796. The topological polar surface area (TPSA) is 57.0 Å². The smallest absolute Gasteiger partial charge is 0.340 e. The number of rotatable bonds is 2. The van der Waals surface area contributed by atoms with Gasteiger partial charge in [-0.2, -0.15) is 5.10 Å². The van der Waals surface area contributed by atoms with Crippen molar-refractivity contribution in [2.45, 2.75) is 6.92 Å². The number of carbonyl (C=O) groups is 1. The summed E-state index contributed by atoms with van der Waals surface area (Å²) in [6, 6.07) is 3.15. The van der Waals surface area contributed by atoms with Crippen molar-refractivity contribution in [2.24, 2.45) is 0 Å². The molecule has 0 aliphatic carbocycles. The van der Waals surface area contributed by atoms with E-state index in [0.717, 1.165) is 0 Å². The zero-order chi connectivity index (χ0) is 13.3. The molecule has 0 saturated carbocycles. The molecule has 0 bridgehead atoms. The van der Waals surface area contributed by atoms with Crippen LogP contribution in [0.4, 0.5) is 0 Å². The Morgan fingerprint density at radius 3 is 2.39 bits per heavy atom. The van der Waals surface area contributed by atoms with Crippen LogP contribution in [-0.2, 0) is 4.74 Å². The number of hydrogen-bond donors (Lipinski definition) is 0. The zero-order valence-electron chi connectivity index (χ0n) is 9.65. The second kappa shape index (κ2) is 4.96. The Labute approximate surface area is 113 Å². The van der Waals surface area contributed by atoms with E-state index in [2.05, 4.69) is 14.8 Å². The van der Waals surface area contributed by atoms with Gasteiger partial charge < -0.3 is 4.74 Å². The molecule has 1 aromatic heterocycles. The molecular weight excluding hydrogens is 277 g/mol. The van der Waals surface area contributed by atoms with Gasteiger partial charge in [0.15, 0.2) is 0 Å². The molecule has 0 radical (unpaired) electrons. The lowest BCUT2D eigenvalue weighted by molar-refractivity contribution is 0.0601. The van der Waals surface area contributed by atoms with E-state index in [1.807, 2.05) is 0 Å². The number of methoxy groups -OCH3 is 1. The molecule has 18 heavy (non-hydrogen) atoms. The molecule has 1 aromatic carbocycles. The van der Waals surface area contributed by atoms with Crippen LogP contribution >= 0.6 is 23.2 Å². The maximum atomic E-state index is 11.5. The summed E-state index contributed by atoms with van der Waals surface area (Å²) in [5.74, 6) is 0.0469. The fourth-order valence-electron chi connectivity index (χ4n) is 1.46. The van der Waals surface area contributed by atoms with E-state index < -0.39 is 5.97 Å². The third kappa shape index (κ3) is 2.32. The zero-order valence-corrected chi connectivity index (χ0v) is 11.2. The third-order valence-corrected chi connectivity index (χ3v) is 2.88. The van der Waals surface area contributed by atoms with Crippen LogP contribution in [0.15, 0.2) is 18.5 Å². The normalized spacial score (nSPS) is 10.4. The highest BCUT2D eigenvalue weighted by molar-refractivity contribution is 6.39. The molecule has 2 aromatic rings. The molecule has 0 spiro atoms. The van der Waals surface area contributed by atoms with E-state index in [4.69, 9.17) is 23.2 Å². The summed E-state index contributed by atoms with van der Waals surface area (Å²) in [7, 11) is 1.27. The van der Waals surface area contributed by atoms with Crippen LogP contribution in [0.3, 0.4) is 0 Å². The van der Waals surface area contributed by atoms with Crippen molar-refractivity contribution in [3.8, 4) is 5.69 Å². The van der Waals surface area contributed by atoms with Crippen molar-refractivity contribution >= 4 is 29.2 Å². The number of hydrogen-bond acceptors (Lipinski definition) is 4. The fraction of sp³-hybridized carbons (Fsp3) is 0.182. The van der Waals surface area contributed by atoms with E-state index >= 15 is 0 Å². The van der Waals surface area contributed by atoms with Gasteiger partial charge in [-0.05, 0) is 19.1 Å². The minimum Gasteiger partial charge on any atom is -0.465 e. The van der Waals surface area contributed by atoms with E-state index in [-0.39, 0.29) is 15.6 Å². The van der Waals surface area contributed by atoms with Crippen molar-refractivity contribution in [1.82, 2.24) is 14.8 Å². The van der Waals surface area contributed by atoms with Crippen LogP contribution in [0.5, 0.6) is 0 Å². The first-order valence-electron chi connectivity index (χ1n) is 4.99. The number of esters is 1. The van der Waals surface area contributed by atoms with Gasteiger partial charge in [0.05, 0.1) is 28.4 Å². The second-order valence-electron chi connectivity index (χ2n) is 3.51. The predicted molar refractivity (Wildman–Crippen MR) is 67.5 cm³/mol. The Morgan fingerprint density at radius 2 is 1.94 bits per heavy atom. The van der Waals surface area contributed by atoms with Crippen molar-refractivity contribution in [3.63, 3.8) is 0 Å². The number of aryl methyl sites for hydroxylation is 1. The van der Waals surface area contributed by atoms with Crippen molar-refractivity contribution < 1.29 is 9.53 Å². The van der Waals surface area contributed by atoms with Crippen LogP contribution in [0, 0.1) is 6.92 Å². The van der Waals surface area contributed by atoms with Crippen molar-refractivity contribution in [1.29, 1.82) is 0 Å². The van der Waals surface area contributed by atoms with Gasteiger partial charge in [-0.25, -0.2) is 14.5 Å². The van der Waals surface area contributed by atoms with Gasteiger partial charge in [-0.1, -0.05) is 23.2 Å². The van der Waals surface area contributed by atoms with Gasteiger partial charge in [-0.15, -0.1) is 0 Å². The van der Waals surface area contributed by atoms with Crippen molar-refractivity contribution in [2.75, 3.05) is 7.11 Å². The first kappa shape index (κ1) is 12.9. The van der Waals surface area contributed by atoms with E-state index in [1.54, 1.807) is 19.1 Å². The summed E-state index contributed by atoms with van der Waals surface area (Å²) < 4.78 is 6.13. The maximum Gasteiger partial charge on any atom is 0.340 e. The Balaban J connectivity index is 2.52. The maximum absolute atomic E-state index is 11.5. The lowest BCUT2D eigenvalue weighted by Gasteiger charge is -2.08. The van der Waals surface area contributed by atoms with Gasteiger partial charge in [0.2, 0.25) is 0 Å². The highest BCUT2D eigenvalue weighted by atomic mass is 35.5. The summed E-state index contributed by atoms with van der Waals surface area (Å²) in [6.07, 6.45) is 1.54. The molecule has 94 valence electrons. The number of halogens is 2. The molecule has 0 aliphatic rings. The van der Waals surface area contributed by atoms with E-state index in [1.165, 1.54) is 18.1 Å². The molecule has 0 fully saturated rings. The Kier molecular flexibility index (Phi) is 3.54. The molecular formula is C11H9Cl2N3O2. The summed E-state index contributed by atoms with van der Waals surface area (Å²) in [5, 5.41) is 4.54. The molecule has 0 amide bonds. The monoisotopic (exact) mass is 285 g/mol. The summed E-state index contributed by atoms with van der Waals surface area (Å²) >= 11 is 12.0. The van der Waals surface area contributed by atoms with E-state index in [9.17, 15) is 4.79 Å². The number of aromatic nitrogens is 3. The van der Waals surface area contributed by atoms with Crippen LogP contribution < -0.4 is 0 Å². The Morgan fingerprint density at radius 1 is 1.33 bits per heavy atom. The molecule has 0 saturated heterocycles. The van der Waals surface area contributed by atoms with Gasteiger partial charge in [0, 0.05) is 0 Å². The molecule has 5 nitrogen and oxygen atoms in total. The standard InChI is InChI=1S/C11H9Cl2N3O2/c1-6-14-5-16(15-6)7-3-8(12)10(9(13)4-7)11(17)18-2/h3-5H,1-2H3. The average molecular weight is 286 g/mol. The van der Waals surface area contributed by atoms with Gasteiger partial charge in [0.1, 0.15) is 12.2 Å². The van der Waals surface area contributed by atoms with Crippen LogP contribution in [0.1, 0.15) is 16.2 Å². The number of carbonyl (C=O) groups excluding carboxylic acids is 1. The Bertz CT molecular complexity index is 587. The summed E-state index contributed by atoms with van der Waals surface area (Å²) in [6.45, 7) is 1.77. The molecule has 0 N–H and O–H groups in total. The second-order valence-corrected chi connectivity index (χ2v) is 4.33. The minimum absolute atomic E-state index is 0.140. The van der Waals surface area contributed by atoms with Crippen molar-refractivity contribution in [3.05, 3.63) is 39.9 Å². The summed E-state index contributed by atoms with van der Waals surface area (Å²) in [5.41, 5.74) is 0.764. The summed E-state index contributed by atoms with van der Waals surface area (Å²) in [4.78, 5) is 15.5.